The number of hydrogen-bond acceptors (Lipinski definition) is 5. The average molecular weight is 362 g/mol. The van der Waals surface area contributed by atoms with Crippen LogP contribution in [0.1, 0.15) is 38.1 Å². The molecule has 2 N–H and O–H groups in total. The lowest BCUT2D eigenvalue weighted by molar-refractivity contribution is 0.0601. The van der Waals surface area contributed by atoms with Crippen molar-refractivity contribution in [3.63, 3.8) is 0 Å². The molecule has 0 saturated heterocycles. The Kier molecular flexibility index (Phi) is 6.05. The zero-order valence-corrected chi connectivity index (χ0v) is 15.3. The van der Waals surface area contributed by atoms with E-state index in [1.165, 1.54) is 18.4 Å². The van der Waals surface area contributed by atoms with Crippen molar-refractivity contribution in [3.8, 4) is 0 Å². The molecule has 0 radical (unpaired) electrons. The number of esters is 1. The van der Waals surface area contributed by atoms with Gasteiger partial charge in [0.15, 0.2) is 5.11 Å². The lowest BCUT2D eigenvalue weighted by atomic mass is 10.1. The lowest BCUT2D eigenvalue weighted by Gasteiger charge is -2.10. The van der Waals surface area contributed by atoms with E-state index in [9.17, 15) is 9.59 Å². The van der Waals surface area contributed by atoms with E-state index in [1.54, 1.807) is 24.3 Å². The van der Waals surface area contributed by atoms with Gasteiger partial charge in [0.05, 0.1) is 12.7 Å². The number of nitrogens with one attached hydrogen (secondary N) is 2. The van der Waals surface area contributed by atoms with Gasteiger partial charge in [-0.1, -0.05) is 25.1 Å². The molecule has 0 aliphatic rings. The Hall–Kier alpha value is -2.25. The Morgan fingerprint density at radius 1 is 1.25 bits per heavy atom. The second-order valence-corrected chi connectivity index (χ2v) is 6.59. The molecule has 5 nitrogen and oxygen atoms in total. The predicted octanol–water partition coefficient (Wildman–Crippen LogP) is 3.53. The first kappa shape index (κ1) is 18.1. The van der Waals surface area contributed by atoms with E-state index in [0.717, 1.165) is 10.4 Å². The molecule has 0 bridgehead atoms. The normalized spacial score (nSPS) is 10.1. The maximum Gasteiger partial charge on any atom is 0.341 e. The molecule has 2 aromatic rings. The third-order valence-electron chi connectivity index (χ3n) is 3.44. The van der Waals surface area contributed by atoms with Crippen LogP contribution in [-0.4, -0.2) is 24.1 Å². The van der Waals surface area contributed by atoms with Crippen molar-refractivity contribution in [2.75, 3.05) is 12.4 Å². The summed E-state index contributed by atoms with van der Waals surface area (Å²) in [5.74, 6) is -0.729. The molecule has 126 valence electrons. The topological polar surface area (TPSA) is 67.4 Å². The Morgan fingerprint density at radius 2 is 1.92 bits per heavy atom. The molecule has 0 atom stereocenters. The quantitative estimate of drug-likeness (QED) is 0.643. The van der Waals surface area contributed by atoms with Crippen molar-refractivity contribution in [2.24, 2.45) is 0 Å². The van der Waals surface area contributed by atoms with E-state index in [0.29, 0.717) is 22.5 Å². The summed E-state index contributed by atoms with van der Waals surface area (Å²) in [6.45, 7) is 3.91. The van der Waals surface area contributed by atoms with Crippen molar-refractivity contribution in [1.29, 1.82) is 0 Å². The number of carbonyl (C=O) groups excluding carboxylic acids is 2. The molecule has 0 spiro atoms. The monoisotopic (exact) mass is 362 g/mol. The van der Waals surface area contributed by atoms with E-state index in [4.69, 9.17) is 17.0 Å². The van der Waals surface area contributed by atoms with Gasteiger partial charge in [0.2, 0.25) is 0 Å². The number of thiocarbonyl (C=S) groups is 1. The summed E-state index contributed by atoms with van der Waals surface area (Å²) in [5.41, 5.74) is 1.90. The predicted molar refractivity (Wildman–Crippen MR) is 99.9 cm³/mol. The first-order valence-corrected chi connectivity index (χ1v) is 8.58. The zero-order chi connectivity index (χ0) is 17.7. The van der Waals surface area contributed by atoms with Gasteiger partial charge in [-0.05, 0) is 43.3 Å². The van der Waals surface area contributed by atoms with Gasteiger partial charge in [-0.2, -0.15) is 0 Å². The fourth-order valence-electron chi connectivity index (χ4n) is 2.31. The SMILES string of the molecule is CCc1c(C)sc(NC(=S)NC(=O)c2ccccc2)c1C(=O)OC. The van der Waals surface area contributed by atoms with E-state index in [2.05, 4.69) is 10.6 Å². The second kappa shape index (κ2) is 8.03. The maximum absolute atomic E-state index is 12.1. The minimum Gasteiger partial charge on any atom is -0.465 e. The van der Waals surface area contributed by atoms with E-state index in [-0.39, 0.29) is 11.0 Å². The minimum atomic E-state index is -0.420. The summed E-state index contributed by atoms with van der Waals surface area (Å²) in [5, 5.41) is 6.27. The molecular weight excluding hydrogens is 344 g/mol. The molecule has 0 aliphatic carbocycles. The van der Waals surface area contributed by atoms with Crippen LogP contribution in [0.25, 0.3) is 0 Å². The van der Waals surface area contributed by atoms with Gasteiger partial charge in [0, 0.05) is 10.4 Å². The van der Waals surface area contributed by atoms with Crippen molar-refractivity contribution >= 4 is 45.5 Å². The third kappa shape index (κ3) is 3.98. The Bertz CT molecular complexity index is 770. The maximum atomic E-state index is 12.1. The Balaban J connectivity index is 2.17. The molecule has 1 aromatic heterocycles. The minimum absolute atomic E-state index is 0.137. The molecule has 7 heteroatoms. The van der Waals surface area contributed by atoms with Crippen LogP contribution in [0.4, 0.5) is 5.00 Å². The number of benzene rings is 1. The Morgan fingerprint density at radius 3 is 2.50 bits per heavy atom. The number of amides is 1. The summed E-state index contributed by atoms with van der Waals surface area (Å²) >= 11 is 6.60. The van der Waals surface area contributed by atoms with Crippen LogP contribution >= 0.6 is 23.6 Å². The van der Waals surface area contributed by atoms with Gasteiger partial charge >= 0.3 is 5.97 Å². The molecular formula is C17H18N2O3S2. The highest BCUT2D eigenvalue weighted by molar-refractivity contribution is 7.80. The first-order chi connectivity index (χ1) is 11.5. The Labute approximate surface area is 150 Å². The molecule has 0 fully saturated rings. The van der Waals surface area contributed by atoms with Gasteiger partial charge in [0.25, 0.3) is 5.91 Å². The number of methoxy groups -OCH3 is 1. The van der Waals surface area contributed by atoms with Crippen molar-refractivity contribution in [1.82, 2.24) is 5.32 Å². The van der Waals surface area contributed by atoms with Crippen LogP contribution < -0.4 is 10.6 Å². The van der Waals surface area contributed by atoms with Crippen LogP contribution in [0.2, 0.25) is 0 Å². The number of anilines is 1. The molecule has 1 amide bonds. The average Bonchev–Trinajstić information content (AvgIpc) is 2.89. The highest BCUT2D eigenvalue weighted by atomic mass is 32.1. The highest BCUT2D eigenvalue weighted by Gasteiger charge is 2.22. The number of aryl methyl sites for hydroxylation is 1. The van der Waals surface area contributed by atoms with Gasteiger partial charge in [0.1, 0.15) is 5.00 Å². The van der Waals surface area contributed by atoms with Crippen molar-refractivity contribution in [2.45, 2.75) is 20.3 Å². The van der Waals surface area contributed by atoms with Gasteiger partial charge in [-0.25, -0.2) is 4.79 Å². The lowest BCUT2D eigenvalue weighted by Crippen LogP contribution is -2.34. The van der Waals surface area contributed by atoms with Crippen molar-refractivity contribution < 1.29 is 14.3 Å². The van der Waals surface area contributed by atoms with Gasteiger partial charge < -0.3 is 10.1 Å². The van der Waals surface area contributed by atoms with E-state index >= 15 is 0 Å². The summed E-state index contributed by atoms with van der Waals surface area (Å²) in [7, 11) is 1.34. The zero-order valence-electron chi connectivity index (χ0n) is 13.6. The summed E-state index contributed by atoms with van der Waals surface area (Å²) in [6, 6.07) is 8.77. The molecule has 0 unspecified atom stereocenters. The van der Waals surface area contributed by atoms with Crippen LogP contribution in [0.15, 0.2) is 30.3 Å². The summed E-state index contributed by atoms with van der Waals surface area (Å²) < 4.78 is 4.86. The number of thiophene rings is 1. The molecule has 2 rings (SSSR count). The highest BCUT2D eigenvalue weighted by Crippen LogP contribution is 2.33. The fraction of sp³-hybridized carbons (Fsp3) is 0.235. The van der Waals surface area contributed by atoms with Crippen molar-refractivity contribution in [3.05, 3.63) is 51.9 Å². The molecule has 1 aromatic carbocycles. The number of ether oxygens (including phenoxy) is 1. The third-order valence-corrected chi connectivity index (χ3v) is 4.71. The van der Waals surface area contributed by atoms with Gasteiger partial charge in [-0.15, -0.1) is 11.3 Å². The van der Waals surface area contributed by atoms with Crippen LogP contribution in [0.5, 0.6) is 0 Å². The first-order valence-electron chi connectivity index (χ1n) is 7.35. The van der Waals surface area contributed by atoms with Crippen LogP contribution in [-0.2, 0) is 11.2 Å². The second-order valence-electron chi connectivity index (χ2n) is 4.96. The van der Waals surface area contributed by atoms with Gasteiger partial charge in [-0.3, -0.25) is 10.1 Å². The number of rotatable bonds is 4. The number of carbonyl (C=O) groups is 2. The standard InChI is InChI=1S/C17H18N2O3S2/c1-4-12-10(2)24-15(13(12)16(21)22-3)19-17(23)18-14(20)11-8-6-5-7-9-11/h5-9H,4H2,1-3H3,(H2,18,19,20,23). The smallest absolute Gasteiger partial charge is 0.341 e. The molecule has 24 heavy (non-hydrogen) atoms. The molecule has 1 heterocycles. The number of hydrogen-bond donors (Lipinski definition) is 2. The van der Waals surface area contributed by atoms with Crippen LogP contribution in [0, 0.1) is 6.92 Å². The van der Waals surface area contributed by atoms with Crippen LogP contribution in [0.3, 0.4) is 0 Å². The largest absolute Gasteiger partial charge is 0.465 e. The molecule has 0 saturated carbocycles. The summed E-state index contributed by atoms with van der Waals surface area (Å²) in [6.07, 6.45) is 0.706. The molecule has 0 aliphatic heterocycles. The fourth-order valence-corrected chi connectivity index (χ4v) is 3.71. The van der Waals surface area contributed by atoms with E-state index < -0.39 is 5.97 Å². The summed E-state index contributed by atoms with van der Waals surface area (Å²) in [4.78, 5) is 25.2. The van der Waals surface area contributed by atoms with E-state index in [1.807, 2.05) is 19.9 Å².